The van der Waals surface area contributed by atoms with Crippen molar-refractivity contribution in [3.63, 3.8) is 0 Å². The number of hydrogen-bond acceptors (Lipinski definition) is 4. The summed E-state index contributed by atoms with van der Waals surface area (Å²) in [7, 11) is 1.27. The number of hydrogen-bond donors (Lipinski definition) is 1. The van der Waals surface area contributed by atoms with Gasteiger partial charge in [-0.05, 0) is 46.3 Å². The molecule has 2 rings (SSSR count). The van der Waals surface area contributed by atoms with Gasteiger partial charge in [0.2, 0.25) is 0 Å². The molecule has 2 aromatic rings. The van der Waals surface area contributed by atoms with Crippen molar-refractivity contribution in [1.29, 1.82) is 0 Å². The highest BCUT2D eigenvalue weighted by atomic mass is 79.9. The maximum atomic E-state index is 13.0. The number of esters is 1. The van der Waals surface area contributed by atoms with Crippen LogP contribution < -0.4 is 10.5 Å². The van der Waals surface area contributed by atoms with Crippen LogP contribution in [0.2, 0.25) is 0 Å². The van der Waals surface area contributed by atoms with Crippen LogP contribution in [0.5, 0.6) is 11.5 Å². The molecule has 104 valence electrons. The van der Waals surface area contributed by atoms with Gasteiger partial charge in [-0.2, -0.15) is 0 Å². The highest BCUT2D eigenvalue weighted by Crippen LogP contribution is 2.34. The van der Waals surface area contributed by atoms with Crippen molar-refractivity contribution in [2.75, 3.05) is 12.8 Å². The number of benzene rings is 2. The molecule has 0 fully saturated rings. The van der Waals surface area contributed by atoms with Gasteiger partial charge < -0.3 is 15.2 Å². The lowest BCUT2D eigenvalue weighted by atomic mass is 10.1. The summed E-state index contributed by atoms with van der Waals surface area (Å²) < 4.78 is 23.7. The van der Waals surface area contributed by atoms with Crippen LogP contribution in [0.15, 0.2) is 40.9 Å². The lowest BCUT2D eigenvalue weighted by molar-refractivity contribution is 0.0601. The number of carbonyl (C=O) groups is 1. The standard InChI is InChI=1S/C14H11BrFNO3/c1-19-14(18)9-3-2-4-12(13(9)17)20-11-6-5-8(16)7-10(11)15/h2-7H,17H2,1H3. The monoisotopic (exact) mass is 339 g/mol. The maximum Gasteiger partial charge on any atom is 0.340 e. The normalized spacial score (nSPS) is 10.2. The van der Waals surface area contributed by atoms with Gasteiger partial charge in [0, 0.05) is 0 Å². The number of ether oxygens (including phenoxy) is 2. The van der Waals surface area contributed by atoms with E-state index in [1.54, 1.807) is 12.1 Å². The first-order valence-corrected chi connectivity index (χ1v) is 6.42. The highest BCUT2D eigenvalue weighted by Gasteiger charge is 2.15. The summed E-state index contributed by atoms with van der Waals surface area (Å²) in [5, 5.41) is 0. The lowest BCUT2D eigenvalue weighted by Crippen LogP contribution is -2.06. The third-order valence-electron chi connectivity index (χ3n) is 2.59. The third kappa shape index (κ3) is 2.91. The van der Waals surface area contributed by atoms with Gasteiger partial charge in [-0.15, -0.1) is 0 Å². The molecule has 0 bridgehead atoms. The zero-order valence-electron chi connectivity index (χ0n) is 10.5. The van der Waals surface area contributed by atoms with E-state index >= 15 is 0 Å². The van der Waals surface area contributed by atoms with Crippen LogP contribution in [0.1, 0.15) is 10.4 Å². The second-order valence-corrected chi connectivity index (χ2v) is 4.74. The van der Waals surface area contributed by atoms with Gasteiger partial charge in [0.25, 0.3) is 0 Å². The average Bonchev–Trinajstić information content (AvgIpc) is 2.43. The molecular weight excluding hydrogens is 329 g/mol. The van der Waals surface area contributed by atoms with Gasteiger partial charge in [0.1, 0.15) is 11.6 Å². The van der Waals surface area contributed by atoms with Crippen LogP contribution in [0.4, 0.5) is 10.1 Å². The largest absolute Gasteiger partial charge is 0.465 e. The summed E-state index contributed by atoms with van der Waals surface area (Å²) in [6.45, 7) is 0. The molecule has 20 heavy (non-hydrogen) atoms. The molecule has 0 amide bonds. The molecule has 0 radical (unpaired) electrons. The Morgan fingerprint density at radius 2 is 2.00 bits per heavy atom. The first kappa shape index (κ1) is 14.3. The molecule has 0 aliphatic carbocycles. The van der Waals surface area contributed by atoms with Gasteiger partial charge in [-0.25, -0.2) is 9.18 Å². The van der Waals surface area contributed by atoms with Crippen molar-refractivity contribution in [2.24, 2.45) is 0 Å². The SMILES string of the molecule is COC(=O)c1cccc(Oc2ccc(F)cc2Br)c1N. The van der Waals surface area contributed by atoms with Crippen molar-refractivity contribution >= 4 is 27.6 Å². The van der Waals surface area contributed by atoms with Crippen molar-refractivity contribution in [3.05, 3.63) is 52.3 Å². The van der Waals surface area contributed by atoms with E-state index in [0.29, 0.717) is 16.0 Å². The number of rotatable bonds is 3. The zero-order chi connectivity index (χ0) is 14.7. The van der Waals surface area contributed by atoms with Crippen molar-refractivity contribution in [3.8, 4) is 11.5 Å². The molecular formula is C14H11BrFNO3. The molecule has 0 aliphatic rings. The predicted octanol–water partition coefficient (Wildman–Crippen LogP) is 3.75. The fraction of sp³-hybridized carbons (Fsp3) is 0.0714. The minimum Gasteiger partial charge on any atom is -0.465 e. The molecule has 4 nitrogen and oxygen atoms in total. The summed E-state index contributed by atoms with van der Waals surface area (Å²) in [6, 6.07) is 8.76. The van der Waals surface area contributed by atoms with Crippen molar-refractivity contribution in [1.82, 2.24) is 0 Å². The fourth-order valence-corrected chi connectivity index (χ4v) is 2.03. The van der Waals surface area contributed by atoms with E-state index in [0.717, 1.165) is 0 Å². The molecule has 0 saturated heterocycles. The molecule has 0 unspecified atom stereocenters. The van der Waals surface area contributed by atoms with Crippen molar-refractivity contribution in [2.45, 2.75) is 0 Å². The molecule has 0 aliphatic heterocycles. The molecule has 0 aromatic heterocycles. The zero-order valence-corrected chi connectivity index (χ0v) is 12.1. The minimum absolute atomic E-state index is 0.163. The molecule has 0 spiro atoms. The lowest BCUT2D eigenvalue weighted by Gasteiger charge is -2.12. The van der Waals surface area contributed by atoms with E-state index in [2.05, 4.69) is 20.7 Å². The van der Waals surface area contributed by atoms with E-state index in [1.165, 1.54) is 31.4 Å². The maximum absolute atomic E-state index is 13.0. The Hall–Kier alpha value is -2.08. The van der Waals surface area contributed by atoms with Crippen LogP contribution in [0.3, 0.4) is 0 Å². The average molecular weight is 340 g/mol. The van der Waals surface area contributed by atoms with E-state index in [1.807, 2.05) is 0 Å². The van der Waals surface area contributed by atoms with Crippen molar-refractivity contribution < 1.29 is 18.7 Å². The Balaban J connectivity index is 2.37. The van der Waals surface area contributed by atoms with Crippen LogP contribution in [0, 0.1) is 5.82 Å². The number of nitrogen functional groups attached to an aromatic ring is 1. The Morgan fingerprint density at radius 3 is 2.65 bits per heavy atom. The van der Waals surface area contributed by atoms with Crippen LogP contribution in [-0.2, 0) is 4.74 Å². The number of carbonyl (C=O) groups excluding carboxylic acids is 1. The number of nitrogens with two attached hydrogens (primary N) is 1. The highest BCUT2D eigenvalue weighted by molar-refractivity contribution is 9.10. The summed E-state index contributed by atoms with van der Waals surface area (Å²) >= 11 is 3.19. The first-order chi connectivity index (χ1) is 9.52. The van der Waals surface area contributed by atoms with E-state index < -0.39 is 5.97 Å². The molecule has 2 aromatic carbocycles. The van der Waals surface area contributed by atoms with E-state index in [-0.39, 0.29) is 17.1 Å². The van der Waals surface area contributed by atoms with Crippen LogP contribution in [0.25, 0.3) is 0 Å². The van der Waals surface area contributed by atoms with Gasteiger partial charge in [-0.1, -0.05) is 6.07 Å². The van der Waals surface area contributed by atoms with Gasteiger partial charge in [-0.3, -0.25) is 0 Å². The topological polar surface area (TPSA) is 61.5 Å². The Kier molecular flexibility index (Phi) is 4.24. The second kappa shape index (κ2) is 5.92. The second-order valence-electron chi connectivity index (χ2n) is 3.89. The first-order valence-electron chi connectivity index (χ1n) is 5.62. The Labute approximate surface area is 123 Å². The molecule has 6 heteroatoms. The smallest absolute Gasteiger partial charge is 0.340 e. The fourth-order valence-electron chi connectivity index (χ4n) is 1.60. The van der Waals surface area contributed by atoms with E-state index in [9.17, 15) is 9.18 Å². The molecule has 0 heterocycles. The predicted molar refractivity (Wildman–Crippen MR) is 76.4 cm³/mol. The van der Waals surface area contributed by atoms with Crippen LogP contribution in [-0.4, -0.2) is 13.1 Å². The van der Waals surface area contributed by atoms with E-state index in [4.69, 9.17) is 10.5 Å². The number of para-hydroxylation sites is 1. The molecule has 2 N–H and O–H groups in total. The summed E-state index contributed by atoms with van der Waals surface area (Å²) in [5.41, 5.74) is 6.25. The Bertz CT molecular complexity index is 661. The number of halogens is 2. The minimum atomic E-state index is -0.550. The third-order valence-corrected chi connectivity index (χ3v) is 3.20. The van der Waals surface area contributed by atoms with Gasteiger partial charge >= 0.3 is 5.97 Å². The summed E-state index contributed by atoms with van der Waals surface area (Å²) in [6.07, 6.45) is 0. The molecule has 0 atom stereocenters. The van der Waals surface area contributed by atoms with Crippen LogP contribution >= 0.6 is 15.9 Å². The summed E-state index contributed by atoms with van der Waals surface area (Å²) in [4.78, 5) is 11.5. The quantitative estimate of drug-likeness (QED) is 0.683. The molecule has 0 saturated carbocycles. The number of anilines is 1. The van der Waals surface area contributed by atoms with Gasteiger partial charge in [0.15, 0.2) is 5.75 Å². The summed E-state index contributed by atoms with van der Waals surface area (Å²) in [5.74, 6) is -0.257. The Morgan fingerprint density at radius 1 is 1.25 bits per heavy atom. The number of methoxy groups -OCH3 is 1. The van der Waals surface area contributed by atoms with Gasteiger partial charge in [0.05, 0.1) is 22.8 Å².